The maximum atomic E-state index is 3.80. The maximum absolute atomic E-state index is 3.80. The molecule has 0 spiro atoms. The third-order valence-corrected chi connectivity index (χ3v) is 4.82. The van der Waals surface area contributed by atoms with E-state index in [4.69, 9.17) is 0 Å². The Morgan fingerprint density at radius 2 is 2.05 bits per heavy atom. The Bertz CT molecular complexity index is 204. The number of unbranched alkanes of at least 4 members (excludes halogenated alkanes) is 1. The summed E-state index contributed by atoms with van der Waals surface area (Å²) in [6.07, 6.45) is 10.9. The first-order valence-corrected chi connectivity index (χ1v) is 8.67. The van der Waals surface area contributed by atoms with Gasteiger partial charge in [0.2, 0.25) is 0 Å². The van der Waals surface area contributed by atoms with Crippen molar-refractivity contribution in [3.05, 3.63) is 0 Å². The van der Waals surface area contributed by atoms with Crippen molar-refractivity contribution in [2.24, 2.45) is 11.3 Å². The van der Waals surface area contributed by atoms with Crippen LogP contribution in [-0.4, -0.2) is 26.2 Å². The molecule has 0 radical (unpaired) electrons. The van der Waals surface area contributed by atoms with Gasteiger partial charge in [-0.05, 0) is 50.1 Å². The molecule has 0 aliphatic carbocycles. The molecule has 1 fully saturated rings. The van der Waals surface area contributed by atoms with E-state index >= 15 is 0 Å². The van der Waals surface area contributed by atoms with Gasteiger partial charge < -0.3 is 10.6 Å². The summed E-state index contributed by atoms with van der Waals surface area (Å²) < 4.78 is 0. The summed E-state index contributed by atoms with van der Waals surface area (Å²) >= 11 is 0. The molecule has 0 aromatic heterocycles. The van der Waals surface area contributed by atoms with Gasteiger partial charge in [-0.2, -0.15) is 0 Å². The first-order chi connectivity index (χ1) is 9.26. The molecular formula is C17H36N2. The highest BCUT2D eigenvalue weighted by molar-refractivity contribution is 4.87. The SMILES string of the molecule is CCCCC(CC)CNCC1(CCC)CCCNC1. The lowest BCUT2D eigenvalue weighted by atomic mass is 9.77. The zero-order chi connectivity index (χ0) is 14.0. The highest BCUT2D eigenvalue weighted by Crippen LogP contribution is 2.30. The molecule has 1 aliphatic heterocycles. The van der Waals surface area contributed by atoms with Crippen LogP contribution in [0.3, 0.4) is 0 Å². The first-order valence-electron chi connectivity index (χ1n) is 8.67. The lowest BCUT2D eigenvalue weighted by Crippen LogP contribution is -2.47. The second-order valence-electron chi connectivity index (χ2n) is 6.58. The summed E-state index contributed by atoms with van der Waals surface area (Å²) in [7, 11) is 0. The van der Waals surface area contributed by atoms with Crippen LogP contribution in [-0.2, 0) is 0 Å². The quantitative estimate of drug-likeness (QED) is 0.626. The van der Waals surface area contributed by atoms with E-state index in [1.54, 1.807) is 0 Å². The number of hydrogen-bond acceptors (Lipinski definition) is 2. The Morgan fingerprint density at radius 1 is 1.21 bits per heavy atom. The van der Waals surface area contributed by atoms with E-state index < -0.39 is 0 Å². The molecule has 2 atom stereocenters. The molecule has 1 aliphatic rings. The molecule has 2 unspecified atom stereocenters. The molecule has 114 valence electrons. The van der Waals surface area contributed by atoms with Crippen molar-refractivity contribution in [2.75, 3.05) is 26.2 Å². The minimum absolute atomic E-state index is 0.538. The van der Waals surface area contributed by atoms with E-state index in [0.29, 0.717) is 5.41 Å². The average Bonchev–Trinajstić information content (AvgIpc) is 2.44. The van der Waals surface area contributed by atoms with Gasteiger partial charge in [0.05, 0.1) is 0 Å². The molecule has 19 heavy (non-hydrogen) atoms. The van der Waals surface area contributed by atoms with E-state index in [1.807, 2.05) is 0 Å². The van der Waals surface area contributed by atoms with Crippen LogP contribution in [0.25, 0.3) is 0 Å². The molecule has 1 saturated heterocycles. The van der Waals surface area contributed by atoms with Gasteiger partial charge in [-0.15, -0.1) is 0 Å². The first kappa shape index (κ1) is 17.0. The van der Waals surface area contributed by atoms with Gasteiger partial charge in [0.25, 0.3) is 0 Å². The topological polar surface area (TPSA) is 24.1 Å². The van der Waals surface area contributed by atoms with Crippen LogP contribution in [0.4, 0.5) is 0 Å². The van der Waals surface area contributed by atoms with Gasteiger partial charge in [0, 0.05) is 13.1 Å². The van der Waals surface area contributed by atoms with Gasteiger partial charge >= 0.3 is 0 Å². The van der Waals surface area contributed by atoms with Gasteiger partial charge in [0.1, 0.15) is 0 Å². The fourth-order valence-corrected chi connectivity index (χ4v) is 3.50. The molecule has 2 N–H and O–H groups in total. The molecule has 0 aromatic rings. The average molecular weight is 268 g/mol. The van der Waals surface area contributed by atoms with Crippen LogP contribution >= 0.6 is 0 Å². The minimum atomic E-state index is 0.538. The van der Waals surface area contributed by atoms with Gasteiger partial charge in [-0.25, -0.2) is 0 Å². The van der Waals surface area contributed by atoms with E-state index in [9.17, 15) is 0 Å². The number of piperidine rings is 1. The summed E-state index contributed by atoms with van der Waals surface area (Å²) in [4.78, 5) is 0. The summed E-state index contributed by atoms with van der Waals surface area (Å²) in [5.74, 6) is 0.884. The summed E-state index contributed by atoms with van der Waals surface area (Å²) in [5.41, 5.74) is 0.538. The number of hydrogen-bond donors (Lipinski definition) is 2. The molecule has 0 aromatic carbocycles. The van der Waals surface area contributed by atoms with Crippen molar-refractivity contribution >= 4 is 0 Å². The Kier molecular flexibility index (Phi) is 8.72. The predicted octanol–water partition coefficient (Wildman–Crippen LogP) is 3.96. The van der Waals surface area contributed by atoms with E-state index in [0.717, 1.165) is 5.92 Å². The van der Waals surface area contributed by atoms with Gasteiger partial charge in [0.15, 0.2) is 0 Å². The molecule has 1 heterocycles. The minimum Gasteiger partial charge on any atom is -0.316 e. The molecule has 2 heteroatoms. The standard InChI is InChI=1S/C17H36N2/c1-4-7-9-16(6-3)13-19-15-17(10-5-2)11-8-12-18-14-17/h16,18-19H,4-15H2,1-3H3. The molecular weight excluding hydrogens is 232 g/mol. The summed E-state index contributed by atoms with van der Waals surface area (Å²) in [6.45, 7) is 11.8. The van der Waals surface area contributed by atoms with E-state index in [-0.39, 0.29) is 0 Å². The lowest BCUT2D eigenvalue weighted by molar-refractivity contribution is 0.179. The Labute approximate surface area is 121 Å². The third kappa shape index (κ3) is 6.27. The number of rotatable bonds is 10. The Hall–Kier alpha value is -0.0800. The van der Waals surface area contributed by atoms with Gasteiger partial charge in [-0.1, -0.05) is 46.5 Å². The molecule has 2 nitrogen and oxygen atoms in total. The van der Waals surface area contributed by atoms with E-state index in [2.05, 4.69) is 31.4 Å². The number of nitrogens with one attached hydrogen (secondary N) is 2. The lowest BCUT2D eigenvalue weighted by Gasteiger charge is -2.38. The monoisotopic (exact) mass is 268 g/mol. The predicted molar refractivity (Wildman–Crippen MR) is 85.6 cm³/mol. The van der Waals surface area contributed by atoms with Crippen molar-refractivity contribution in [1.29, 1.82) is 0 Å². The fourth-order valence-electron chi connectivity index (χ4n) is 3.50. The second kappa shape index (κ2) is 9.77. The van der Waals surface area contributed by atoms with E-state index in [1.165, 1.54) is 77.5 Å². The van der Waals surface area contributed by atoms with Crippen LogP contribution in [0.2, 0.25) is 0 Å². The van der Waals surface area contributed by atoms with Crippen molar-refractivity contribution < 1.29 is 0 Å². The second-order valence-corrected chi connectivity index (χ2v) is 6.58. The van der Waals surface area contributed by atoms with Crippen LogP contribution in [0, 0.1) is 11.3 Å². The zero-order valence-corrected chi connectivity index (χ0v) is 13.6. The third-order valence-electron chi connectivity index (χ3n) is 4.82. The van der Waals surface area contributed by atoms with Gasteiger partial charge in [-0.3, -0.25) is 0 Å². The highest BCUT2D eigenvalue weighted by atomic mass is 14.9. The molecule has 0 amide bonds. The van der Waals surface area contributed by atoms with Crippen molar-refractivity contribution in [1.82, 2.24) is 10.6 Å². The van der Waals surface area contributed by atoms with Crippen molar-refractivity contribution in [3.63, 3.8) is 0 Å². The van der Waals surface area contributed by atoms with Crippen LogP contribution in [0.15, 0.2) is 0 Å². The van der Waals surface area contributed by atoms with Crippen LogP contribution in [0.1, 0.15) is 72.1 Å². The smallest absolute Gasteiger partial charge is 0.00201 e. The zero-order valence-electron chi connectivity index (χ0n) is 13.6. The molecule has 0 bridgehead atoms. The van der Waals surface area contributed by atoms with Crippen LogP contribution < -0.4 is 10.6 Å². The summed E-state index contributed by atoms with van der Waals surface area (Å²) in [6, 6.07) is 0. The van der Waals surface area contributed by atoms with Crippen molar-refractivity contribution in [3.8, 4) is 0 Å². The van der Waals surface area contributed by atoms with Crippen LogP contribution in [0.5, 0.6) is 0 Å². The highest BCUT2D eigenvalue weighted by Gasteiger charge is 2.30. The normalized spacial score (nSPS) is 25.4. The molecule has 0 saturated carbocycles. The maximum Gasteiger partial charge on any atom is 0.00201 e. The Balaban J connectivity index is 2.30. The summed E-state index contributed by atoms with van der Waals surface area (Å²) in [5, 5.41) is 7.41. The fraction of sp³-hybridized carbons (Fsp3) is 1.00. The Morgan fingerprint density at radius 3 is 2.63 bits per heavy atom. The molecule has 1 rings (SSSR count). The van der Waals surface area contributed by atoms with Crippen molar-refractivity contribution in [2.45, 2.75) is 72.1 Å². The largest absolute Gasteiger partial charge is 0.316 e.